The van der Waals surface area contributed by atoms with Crippen LogP contribution >= 0.6 is 11.6 Å². The highest BCUT2D eigenvalue weighted by atomic mass is 35.5. The smallest absolute Gasteiger partial charge is 0.160 e. The van der Waals surface area contributed by atoms with Crippen LogP contribution in [0.4, 0.5) is 4.39 Å². The summed E-state index contributed by atoms with van der Waals surface area (Å²) in [6.45, 7) is 1.90. The third-order valence-electron chi connectivity index (χ3n) is 6.26. The average Bonchev–Trinajstić information content (AvgIpc) is 2.89. The minimum Gasteiger partial charge on any atom is -0.312 e. The molecule has 0 radical (unpaired) electrons. The Morgan fingerprint density at radius 3 is 2.71 bits per heavy atom. The molecule has 0 spiro atoms. The van der Waals surface area contributed by atoms with Gasteiger partial charge in [-0.1, -0.05) is 23.7 Å². The molecule has 0 bridgehead atoms. The Hall–Kier alpha value is -3.67. The minimum atomic E-state index is -0.382. The summed E-state index contributed by atoms with van der Waals surface area (Å²) in [4.78, 5) is 13.6. The molecule has 3 aromatic heterocycles. The number of aromatic nitrogens is 3. The summed E-state index contributed by atoms with van der Waals surface area (Å²) in [7, 11) is 0. The first kappa shape index (κ1) is 20.9. The highest BCUT2D eigenvalue weighted by Crippen LogP contribution is 2.35. The van der Waals surface area contributed by atoms with E-state index in [9.17, 15) is 4.39 Å². The van der Waals surface area contributed by atoms with E-state index in [0.29, 0.717) is 21.9 Å². The van der Waals surface area contributed by atoms with E-state index >= 15 is 0 Å². The van der Waals surface area contributed by atoms with Gasteiger partial charge in [0.15, 0.2) is 5.65 Å². The van der Waals surface area contributed by atoms with Gasteiger partial charge in [0.1, 0.15) is 5.82 Å². The number of halogens is 2. The van der Waals surface area contributed by atoms with Gasteiger partial charge in [0.2, 0.25) is 0 Å². The zero-order chi connectivity index (χ0) is 23.1. The van der Waals surface area contributed by atoms with Gasteiger partial charge in [-0.3, -0.25) is 4.98 Å². The van der Waals surface area contributed by atoms with Gasteiger partial charge in [-0.05, 0) is 83.8 Å². The van der Waals surface area contributed by atoms with Crippen LogP contribution in [0.15, 0.2) is 79.3 Å². The quantitative estimate of drug-likeness (QED) is 0.331. The normalized spacial score (nSPS) is 13.1. The maximum Gasteiger partial charge on any atom is 0.160 e. The first-order valence-electron chi connectivity index (χ1n) is 11.2. The molecule has 34 heavy (non-hydrogen) atoms. The summed E-state index contributed by atoms with van der Waals surface area (Å²) < 4.78 is 14.7. The highest BCUT2D eigenvalue weighted by molar-refractivity contribution is 6.30. The van der Waals surface area contributed by atoms with E-state index in [1.165, 1.54) is 23.3 Å². The Morgan fingerprint density at radius 2 is 1.76 bits per heavy atom. The van der Waals surface area contributed by atoms with Crippen molar-refractivity contribution in [1.82, 2.24) is 20.3 Å². The van der Waals surface area contributed by atoms with E-state index in [4.69, 9.17) is 11.6 Å². The lowest BCUT2D eigenvalue weighted by Gasteiger charge is -2.18. The van der Waals surface area contributed by atoms with E-state index in [1.54, 1.807) is 12.3 Å². The zero-order valence-electron chi connectivity index (χ0n) is 18.2. The zero-order valence-corrected chi connectivity index (χ0v) is 19.0. The molecule has 0 atom stereocenters. The lowest BCUT2D eigenvalue weighted by molar-refractivity contribution is 0.631. The molecule has 6 rings (SSSR count). The number of nitrogens with one attached hydrogen (secondary N) is 1. The number of benzene rings is 2. The van der Waals surface area contributed by atoms with Crippen LogP contribution < -0.4 is 5.32 Å². The Kier molecular flexibility index (Phi) is 5.28. The van der Waals surface area contributed by atoms with Crippen LogP contribution in [0.1, 0.15) is 11.1 Å². The Labute approximate surface area is 201 Å². The number of hydrogen-bond acceptors (Lipinski definition) is 4. The summed E-state index contributed by atoms with van der Waals surface area (Å²) in [6.07, 6.45) is 6.43. The molecule has 5 aromatic rings. The molecule has 0 amide bonds. The molecule has 1 aliphatic rings. The maximum atomic E-state index is 14.7. The molecule has 1 N–H and O–H groups in total. The predicted octanol–water partition coefficient (Wildman–Crippen LogP) is 6.46. The first-order valence-corrected chi connectivity index (χ1v) is 11.5. The molecule has 1 aliphatic heterocycles. The molecule has 0 unspecified atom stereocenters. The Bertz CT molecular complexity index is 1550. The first-order chi connectivity index (χ1) is 16.7. The maximum absolute atomic E-state index is 14.7. The van der Waals surface area contributed by atoms with Gasteiger partial charge in [0.25, 0.3) is 0 Å². The van der Waals surface area contributed by atoms with Gasteiger partial charge in [-0.15, -0.1) is 0 Å². The Morgan fingerprint density at radius 1 is 0.853 bits per heavy atom. The van der Waals surface area contributed by atoms with E-state index in [2.05, 4.69) is 44.5 Å². The van der Waals surface area contributed by atoms with Crippen molar-refractivity contribution >= 4 is 22.6 Å². The van der Waals surface area contributed by atoms with Gasteiger partial charge < -0.3 is 5.32 Å². The van der Waals surface area contributed by atoms with Gasteiger partial charge >= 0.3 is 0 Å². The van der Waals surface area contributed by atoms with Crippen LogP contribution in [0.3, 0.4) is 0 Å². The largest absolute Gasteiger partial charge is 0.312 e. The van der Waals surface area contributed by atoms with Crippen LogP contribution in [0, 0.1) is 5.82 Å². The third kappa shape index (κ3) is 3.83. The molecular weight excluding hydrogens is 447 g/mol. The van der Waals surface area contributed by atoms with Crippen LogP contribution in [0.25, 0.3) is 44.5 Å². The number of hydrogen-bond donors (Lipinski definition) is 1. The van der Waals surface area contributed by atoms with Crippen LogP contribution in [-0.4, -0.2) is 21.5 Å². The van der Waals surface area contributed by atoms with Crippen molar-refractivity contribution in [2.75, 3.05) is 6.54 Å². The molecule has 0 fully saturated rings. The molecule has 4 nitrogen and oxygen atoms in total. The number of fused-ring (bicyclic) bond motifs is 2. The predicted molar refractivity (Wildman–Crippen MR) is 134 cm³/mol. The average molecular weight is 467 g/mol. The summed E-state index contributed by atoms with van der Waals surface area (Å²) in [5.74, 6) is -0.382. The van der Waals surface area contributed by atoms with E-state index in [-0.39, 0.29) is 5.82 Å². The molecule has 0 saturated carbocycles. The molecular formula is C28H20ClFN4. The number of pyridine rings is 3. The lowest BCUT2D eigenvalue weighted by Crippen LogP contribution is -2.23. The van der Waals surface area contributed by atoms with Crippen LogP contribution in [0.5, 0.6) is 0 Å². The lowest BCUT2D eigenvalue weighted by atomic mass is 9.94. The third-order valence-corrected chi connectivity index (χ3v) is 6.50. The van der Waals surface area contributed by atoms with Crippen LogP contribution in [-0.2, 0) is 13.0 Å². The number of rotatable bonds is 3. The highest BCUT2D eigenvalue weighted by Gasteiger charge is 2.15. The summed E-state index contributed by atoms with van der Waals surface area (Å²) in [5, 5.41) is 4.77. The van der Waals surface area contributed by atoms with Crippen molar-refractivity contribution in [3.63, 3.8) is 0 Å². The topological polar surface area (TPSA) is 50.7 Å². The molecule has 6 heteroatoms. The van der Waals surface area contributed by atoms with Crippen molar-refractivity contribution in [2.45, 2.75) is 13.0 Å². The van der Waals surface area contributed by atoms with Gasteiger partial charge in [0.05, 0.1) is 5.69 Å². The molecule has 0 aliphatic carbocycles. The van der Waals surface area contributed by atoms with E-state index in [0.717, 1.165) is 47.2 Å². The van der Waals surface area contributed by atoms with Crippen molar-refractivity contribution < 1.29 is 4.39 Å². The second kappa shape index (κ2) is 8.60. The molecule has 4 heterocycles. The summed E-state index contributed by atoms with van der Waals surface area (Å²) in [5.41, 5.74) is 8.03. The number of nitrogens with zero attached hydrogens (tertiary/aromatic N) is 3. The van der Waals surface area contributed by atoms with Crippen LogP contribution in [0.2, 0.25) is 5.02 Å². The fourth-order valence-corrected chi connectivity index (χ4v) is 4.70. The van der Waals surface area contributed by atoms with Gasteiger partial charge in [-0.2, -0.15) is 0 Å². The van der Waals surface area contributed by atoms with Crippen molar-refractivity contribution in [3.8, 4) is 33.5 Å². The van der Waals surface area contributed by atoms with E-state index < -0.39 is 0 Å². The Balaban J connectivity index is 1.51. The van der Waals surface area contributed by atoms with E-state index in [1.807, 2.05) is 30.6 Å². The van der Waals surface area contributed by atoms with Crippen molar-refractivity contribution in [1.29, 1.82) is 0 Å². The fourth-order valence-electron chi connectivity index (χ4n) is 4.53. The minimum absolute atomic E-state index is 0.340. The SMILES string of the molecule is Fc1ccc(Cl)cc1-c1cc(-c2cncc(-c3ccc4c(c3)CNCC4)c2)c2cccnc2n1. The second-order valence-corrected chi connectivity index (χ2v) is 8.86. The monoisotopic (exact) mass is 466 g/mol. The molecule has 2 aromatic carbocycles. The van der Waals surface area contributed by atoms with Gasteiger partial charge in [-0.25, -0.2) is 14.4 Å². The van der Waals surface area contributed by atoms with Crippen molar-refractivity contribution in [3.05, 3.63) is 101 Å². The standard InChI is InChI=1S/C28H20ClFN4/c29-22-5-6-26(30)25(12-22)27-13-24(23-2-1-8-33-28(23)34-27)21-11-20(15-32-16-21)18-4-3-17-7-9-31-14-19(17)10-18/h1-6,8,10-13,15-16,31H,7,9,14H2. The fraction of sp³-hybridized carbons (Fsp3) is 0.107. The molecule has 0 saturated heterocycles. The summed E-state index contributed by atoms with van der Waals surface area (Å²) in [6, 6.07) is 18.9. The van der Waals surface area contributed by atoms with Crippen molar-refractivity contribution in [2.24, 2.45) is 0 Å². The molecule has 166 valence electrons. The second-order valence-electron chi connectivity index (χ2n) is 8.43. The van der Waals surface area contributed by atoms with Gasteiger partial charge in [0, 0.05) is 52.2 Å². The summed E-state index contributed by atoms with van der Waals surface area (Å²) >= 11 is 6.16.